The van der Waals surface area contributed by atoms with Crippen LogP contribution in [0.2, 0.25) is 0 Å². The summed E-state index contributed by atoms with van der Waals surface area (Å²) in [6.07, 6.45) is 0.373. The number of rotatable bonds is 2. The molecule has 1 saturated heterocycles. The van der Waals surface area contributed by atoms with E-state index in [2.05, 4.69) is 5.16 Å². The molecule has 2 aliphatic heterocycles. The molecule has 1 aromatic rings. The average Bonchev–Trinajstić information content (AvgIpc) is 2.78. The molecule has 2 aliphatic rings. The van der Waals surface area contributed by atoms with Crippen molar-refractivity contribution in [3.63, 3.8) is 0 Å². The van der Waals surface area contributed by atoms with Crippen molar-refractivity contribution in [3.8, 4) is 0 Å². The molecule has 0 bridgehead atoms. The van der Waals surface area contributed by atoms with Gasteiger partial charge in [0.1, 0.15) is 5.70 Å². The number of β-lactam (4-membered cyclic amide) rings is 1. The highest BCUT2D eigenvalue weighted by Gasteiger charge is 2.49. The van der Waals surface area contributed by atoms with Crippen LogP contribution in [0.15, 0.2) is 16.3 Å². The second-order valence-electron chi connectivity index (χ2n) is 3.86. The molecule has 0 aliphatic carbocycles. The van der Waals surface area contributed by atoms with E-state index < -0.39 is 5.97 Å². The van der Waals surface area contributed by atoms with Gasteiger partial charge in [0, 0.05) is 6.07 Å². The van der Waals surface area contributed by atoms with Gasteiger partial charge in [-0.3, -0.25) is 9.69 Å². The lowest BCUT2D eigenvalue weighted by Crippen LogP contribution is -2.48. The fourth-order valence-corrected chi connectivity index (χ4v) is 3.23. The summed E-state index contributed by atoms with van der Waals surface area (Å²) in [5, 5.41) is 12.8. The van der Waals surface area contributed by atoms with Crippen LogP contribution < -0.4 is 0 Å². The van der Waals surface area contributed by atoms with Gasteiger partial charge in [0.2, 0.25) is 5.91 Å². The van der Waals surface area contributed by atoms with Crippen LogP contribution in [0.1, 0.15) is 17.9 Å². The van der Waals surface area contributed by atoms with Gasteiger partial charge >= 0.3 is 5.97 Å². The fraction of sp³-hybridized carbons (Fsp3) is 0.300. The Kier molecular flexibility index (Phi) is 2.06. The maximum absolute atomic E-state index is 11.4. The summed E-state index contributed by atoms with van der Waals surface area (Å²) in [6, 6.07) is 1.67. The molecule has 1 fully saturated rings. The number of carbonyl (C=O) groups excluding carboxylic acids is 1. The number of amides is 1. The Hall–Kier alpha value is -1.76. The lowest BCUT2D eigenvalue weighted by atomic mass is 10.1. The lowest BCUT2D eigenvalue weighted by Gasteiger charge is -2.33. The molecular weight excluding hydrogens is 244 g/mol. The standard InChI is InChI=1S/C10H8N2O4S/c1-4-2-5(16-11-4)9-8(10(14)15)12-6(13)3-7(12)17-9/h2,7H,3H2,1H3,(H,14,15)/t7-/m0/s1. The van der Waals surface area contributed by atoms with Crippen molar-refractivity contribution in [1.82, 2.24) is 10.1 Å². The van der Waals surface area contributed by atoms with E-state index in [0.29, 0.717) is 22.8 Å². The Labute approximate surface area is 100 Å². The third-order valence-corrected chi connectivity index (χ3v) is 3.95. The van der Waals surface area contributed by atoms with Gasteiger partial charge in [-0.15, -0.1) is 0 Å². The second kappa shape index (κ2) is 3.36. The Balaban J connectivity index is 2.09. The number of carboxylic acids is 1. The summed E-state index contributed by atoms with van der Waals surface area (Å²) in [5.41, 5.74) is 0.686. The van der Waals surface area contributed by atoms with Gasteiger partial charge in [-0.2, -0.15) is 0 Å². The molecule has 3 heterocycles. The zero-order chi connectivity index (χ0) is 12.2. The fourth-order valence-electron chi connectivity index (χ4n) is 1.90. The summed E-state index contributed by atoms with van der Waals surface area (Å²) >= 11 is 1.34. The van der Waals surface area contributed by atoms with Crippen molar-refractivity contribution in [2.45, 2.75) is 18.7 Å². The van der Waals surface area contributed by atoms with E-state index in [9.17, 15) is 9.59 Å². The molecule has 88 valence electrons. The van der Waals surface area contributed by atoms with Crippen molar-refractivity contribution in [1.29, 1.82) is 0 Å². The highest BCUT2D eigenvalue weighted by atomic mass is 32.2. The van der Waals surface area contributed by atoms with E-state index in [-0.39, 0.29) is 17.0 Å². The van der Waals surface area contributed by atoms with Gasteiger partial charge in [-0.25, -0.2) is 4.79 Å². The number of hydrogen-bond acceptors (Lipinski definition) is 5. The highest BCUT2D eigenvalue weighted by Crippen LogP contribution is 2.50. The van der Waals surface area contributed by atoms with Gasteiger partial charge in [0.15, 0.2) is 5.76 Å². The number of aryl methyl sites for hydroxylation is 1. The predicted molar refractivity (Wildman–Crippen MR) is 58.6 cm³/mol. The molecule has 0 radical (unpaired) electrons. The molecule has 1 N–H and O–H groups in total. The third kappa shape index (κ3) is 1.39. The van der Waals surface area contributed by atoms with Crippen LogP contribution in [0.25, 0.3) is 4.91 Å². The maximum Gasteiger partial charge on any atom is 0.353 e. The molecule has 7 heteroatoms. The maximum atomic E-state index is 11.4. The average molecular weight is 252 g/mol. The Morgan fingerprint density at radius 1 is 1.71 bits per heavy atom. The number of thioether (sulfide) groups is 1. The van der Waals surface area contributed by atoms with Crippen molar-refractivity contribution >= 4 is 28.5 Å². The van der Waals surface area contributed by atoms with E-state index in [1.54, 1.807) is 13.0 Å². The molecular formula is C10H8N2O4S. The summed E-state index contributed by atoms with van der Waals surface area (Å²) in [4.78, 5) is 24.4. The van der Waals surface area contributed by atoms with Gasteiger partial charge in [-0.1, -0.05) is 16.9 Å². The summed E-state index contributed by atoms with van der Waals surface area (Å²) in [6.45, 7) is 1.76. The first-order valence-corrected chi connectivity index (χ1v) is 5.86. The van der Waals surface area contributed by atoms with Gasteiger partial charge < -0.3 is 9.63 Å². The van der Waals surface area contributed by atoms with E-state index in [4.69, 9.17) is 9.63 Å². The third-order valence-electron chi connectivity index (χ3n) is 2.67. The Bertz CT molecular complexity index is 562. The number of hydrogen-bond donors (Lipinski definition) is 1. The number of nitrogens with zero attached hydrogens (tertiary/aromatic N) is 2. The van der Waals surface area contributed by atoms with Crippen LogP contribution in [-0.4, -0.2) is 32.4 Å². The minimum atomic E-state index is -1.11. The topological polar surface area (TPSA) is 83.6 Å². The molecule has 17 heavy (non-hydrogen) atoms. The molecule has 0 aromatic carbocycles. The van der Waals surface area contributed by atoms with E-state index in [1.165, 1.54) is 16.7 Å². The number of aromatic nitrogens is 1. The molecule has 6 nitrogen and oxygen atoms in total. The first-order valence-electron chi connectivity index (χ1n) is 4.98. The molecule has 1 aromatic heterocycles. The van der Waals surface area contributed by atoms with Crippen LogP contribution in [0, 0.1) is 6.92 Å². The molecule has 0 saturated carbocycles. The first kappa shape index (κ1) is 10.4. The Morgan fingerprint density at radius 3 is 3.00 bits per heavy atom. The van der Waals surface area contributed by atoms with Crippen molar-refractivity contribution in [3.05, 3.63) is 23.2 Å². The quantitative estimate of drug-likeness (QED) is 0.792. The highest BCUT2D eigenvalue weighted by molar-refractivity contribution is 8.09. The number of carboxylic acid groups (broad SMARTS) is 1. The number of carbonyl (C=O) groups is 2. The zero-order valence-electron chi connectivity index (χ0n) is 8.84. The van der Waals surface area contributed by atoms with Crippen LogP contribution in [0.5, 0.6) is 0 Å². The smallest absolute Gasteiger partial charge is 0.353 e. The lowest BCUT2D eigenvalue weighted by molar-refractivity contribution is -0.145. The minimum Gasteiger partial charge on any atom is -0.477 e. The predicted octanol–water partition coefficient (Wildman–Crippen LogP) is 1.04. The minimum absolute atomic E-state index is 0.00685. The van der Waals surface area contributed by atoms with Crippen molar-refractivity contribution in [2.75, 3.05) is 0 Å². The van der Waals surface area contributed by atoms with Crippen LogP contribution >= 0.6 is 11.8 Å². The number of fused-ring (bicyclic) bond motifs is 1. The zero-order valence-corrected chi connectivity index (χ0v) is 9.65. The van der Waals surface area contributed by atoms with Crippen LogP contribution in [0.3, 0.4) is 0 Å². The molecule has 1 amide bonds. The Morgan fingerprint density at radius 2 is 2.47 bits per heavy atom. The second-order valence-corrected chi connectivity index (χ2v) is 5.04. The molecule has 1 atom stereocenters. The van der Waals surface area contributed by atoms with E-state index >= 15 is 0 Å². The molecule has 0 spiro atoms. The summed E-state index contributed by atoms with van der Waals surface area (Å²) in [7, 11) is 0. The SMILES string of the molecule is Cc1cc(C2=C(C(=O)O)N3C(=O)C[C@@H]3S2)on1. The molecule has 3 rings (SSSR count). The largest absolute Gasteiger partial charge is 0.477 e. The van der Waals surface area contributed by atoms with Crippen LogP contribution in [-0.2, 0) is 9.59 Å². The number of aliphatic carboxylic acids is 1. The van der Waals surface area contributed by atoms with Crippen molar-refractivity contribution < 1.29 is 19.2 Å². The van der Waals surface area contributed by atoms with Crippen molar-refractivity contribution in [2.24, 2.45) is 0 Å². The normalized spacial score (nSPS) is 22.8. The monoisotopic (exact) mass is 252 g/mol. The molecule has 0 unspecified atom stereocenters. The van der Waals surface area contributed by atoms with Gasteiger partial charge in [-0.05, 0) is 6.92 Å². The van der Waals surface area contributed by atoms with E-state index in [1.807, 2.05) is 0 Å². The van der Waals surface area contributed by atoms with Crippen LogP contribution in [0.4, 0.5) is 0 Å². The summed E-state index contributed by atoms with van der Waals surface area (Å²) < 4.78 is 5.06. The van der Waals surface area contributed by atoms with Gasteiger partial charge in [0.05, 0.1) is 22.4 Å². The first-order chi connectivity index (χ1) is 8.08. The summed E-state index contributed by atoms with van der Waals surface area (Å²) in [5.74, 6) is -0.865. The van der Waals surface area contributed by atoms with Gasteiger partial charge in [0.25, 0.3) is 0 Å². The van der Waals surface area contributed by atoms with E-state index in [0.717, 1.165) is 0 Å².